The molecule has 1 N–H and O–H groups in total. The van der Waals surface area contributed by atoms with Gasteiger partial charge in [0.05, 0.1) is 6.67 Å². The van der Waals surface area contributed by atoms with Gasteiger partial charge in [-0.05, 0) is 13.1 Å². The second-order valence-corrected chi connectivity index (χ2v) is 1.46. The van der Waals surface area contributed by atoms with Gasteiger partial charge < -0.3 is 0 Å². The smallest absolute Gasteiger partial charge is 0.0615 e. The highest BCUT2D eigenvalue weighted by Crippen LogP contribution is 1.79. The van der Waals surface area contributed by atoms with Gasteiger partial charge in [-0.25, -0.2) is 5.73 Å². The van der Waals surface area contributed by atoms with E-state index in [4.69, 9.17) is 5.73 Å². The van der Waals surface area contributed by atoms with Crippen LogP contribution < -0.4 is 5.73 Å². The molecule has 2 nitrogen and oxygen atoms in total. The Morgan fingerprint density at radius 2 is 1.71 bits per heavy atom. The Bertz CT molecular complexity index is 27.6. The minimum absolute atomic E-state index is 0.438. The van der Waals surface area contributed by atoms with E-state index in [-0.39, 0.29) is 0 Å². The van der Waals surface area contributed by atoms with Crippen LogP contribution in [-0.2, 0) is 0 Å². The molecule has 0 amide bonds. The van der Waals surface area contributed by atoms with E-state index in [1.54, 1.807) is 0 Å². The SMILES string of the molecule is CCN(CC)C[NH]. The second kappa shape index (κ2) is 4.09. The van der Waals surface area contributed by atoms with E-state index in [9.17, 15) is 0 Å². The van der Waals surface area contributed by atoms with Gasteiger partial charge in [-0.15, -0.1) is 0 Å². The summed E-state index contributed by atoms with van der Waals surface area (Å²) in [7, 11) is 0. The first-order valence-corrected chi connectivity index (χ1v) is 2.72. The maximum Gasteiger partial charge on any atom is 0.0615 e. The van der Waals surface area contributed by atoms with Crippen molar-refractivity contribution in [3.63, 3.8) is 0 Å². The molecular formula is C5H13N2. The van der Waals surface area contributed by atoms with Crippen molar-refractivity contribution in [2.75, 3.05) is 19.8 Å². The van der Waals surface area contributed by atoms with Crippen LogP contribution in [-0.4, -0.2) is 24.7 Å². The van der Waals surface area contributed by atoms with E-state index in [1.165, 1.54) is 0 Å². The molecule has 0 rings (SSSR count). The molecule has 0 aromatic heterocycles. The van der Waals surface area contributed by atoms with Crippen molar-refractivity contribution < 1.29 is 0 Å². The molecule has 0 aliphatic rings. The Hall–Kier alpha value is -0.0800. The topological polar surface area (TPSA) is 27.0 Å². The van der Waals surface area contributed by atoms with Gasteiger partial charge >= 0.3 is 0 Å². The van der Waals surface area contributed by atoms with Crippen LogP contribution in [0.3, 0.4) is 0 Å². The molecule has 0 aliphatic heterocycles. The lowest BCUT2D eigenvalue weighted by molar-refractivity contribution is 0.308. The van der Waals surface area contributed by atoms with Crippen molar-refractivity contribution in [2.24, 2.45) is 0 Å². The molecule has 0 heterocycles. The van der Waals surface area contributed by atoms with Gasteiger partial charge in [0.15, 0.2) is 0 Å². The van der Waals surface area contributed by atoms with Crippen molar-refractivity contribution in [3.05, 3.63) is 0 Å². The normalized spacial score (nSPS) is 10.3. The summed E-state index contributed by atoms with van der Waals surface area (Å²) in [6, 6.07) is 0. The van der Waals surface area contributed by atoms with Gasteiger partial charge in [-0.1, -0.05) is 13.8 Å². The lowest BCUT2D eigenvalue weighted by Crippen LogP contribution is -2.24. The monoisotopic (exact) mass is 101 g/mol. The maximum absolute atomic E-state index is 6.89. The van der Waals surface area contributed by atoms with Crippen LogP contribution in [0.4, 0.5) is 0 Å². The van der Waals surface area contributed by atoms with E-state index < -0.39 is 0 Å². The Morgan fingerprint density at radius 1 is 1.29 bits per heavy atom. The van der Waals surface area contributed by atoms with Crippen LogP contribution >= 0.6 is 0 Å². The molecule has 0 unspecified atom stereocenters. The van der Waals surface area contributed by atoms with Gasteiger partial charge in [0.2, 0.25) is 0 Å². The lowest BCUT2D eigenvalue weighted by atomic mass is 10.6. The molecule has 7 heavy (non-hydrogen) atoms. The van der Waals surface area contributed by atoms with Gasteiger partial charge in [0.25, 0.3) is 0 Å². The molecule has 0 fully saturated rings. The van der Waals surface area contributed by atoms with E-state index in [2.05, 4.69) is 13.8 Å². The molecule has 0 atom stereocenters. The maximum atomic E-state index is 6.89. The van der Waals surface area contributed by atoms with Crippen molar-refractivity contribution in [2.45, 2.75) is 13.8 Å². The average molecular weight is 101 g/mol. The van der Waals surface area contributed by atoms with Crippen LogP contribution in [0.5, 0.6) is 0 Å². The number of nitrogens with zero attached hydrogens (tertiary/aromatic N) is 1. The zero-order valence-electron chi connectivity index (χ0n) is 5.07. The van der Waals surface area contributed by atoms with Gasteiger partial charge in [0, 0.05) is 0 Å². The van der Waals surface area contributed by atoms with Gasteiger partial charge in [-0.2, -0.15) is 0 Å². The second-order valence-electron chi connectivity index (χ2n) is 1.46. The number of hydrogen-bond donors (Lipinski definition) is 0. The molecule has 2 heteroatoms. The fourth-order valence-electron chi connectivity index (χ4n) is 0.447. The number of nitrogens with one attached hydrogen (secondary N) is 1. The molecule has 0 saturated heterocycles. The predicted octanol–water partition coefficient (Wildman–Crippen LogP) is 0.569. The highest BCUT2D eigenvalue weighted by atomic mass is 15.2. The highest BCUT2D eigenvalue weighted by molar-refractivity contribution is 4.42. The summed E-state index contributed by atoms with van der Waals surface area (Å²) in [5.74, 6) is 0. The highest BCUT2D eigenvalue weighted by Gasteiger charge is 1.90. The molecule has 0 bridgehead atoms. The van der Waals surface area contributed by atoms with Crippen molar-refractivity contribution in [3.8, 4) is 0 Å². The molecule has 43 valence electrons. The van der Waals surface area contributed by atoms with Crippen LogP contribution in [0.25, 0.3) is 0 Å². The van der Waals surface area contributed by atoms with Crippen molar-refractivity contribution in [1.29, 1.82) is 0 Å². The van der Waals surface area contributed by atoms with E-state index in [1.807, 2.05) is 4.90 Å². The molecule has 0 saturated carbocycles. The Morgan fingerprint density at radius 3 is 1.71 bits per heavy atom. The molecule has 0 aromatic rings. The first-order chi connectivity index (χ1) is 3.35. The summed E-state index contributed by atoms with van der Waals surface area (Å²) >= 11 is 0. The standard InChI is InChI=1S/C5H13N2/c1-3-7(4-2)5-6/h6H,3-5H2,1-2H3. The minimum Gasteiger partial charge on any atom is -0.290 e. The third-order valence-corrected chi connectivity index (χ3v) is 1.12. The zero-order valence-corrected chi connectivity index (χ0v) is 5.07. The van der Waals surface area contributed by atoms with E-state index in [0.717, 1.165) is 13.1 Å². The first-order valence-electron chi connectivity index (χ1n) is 2.72. The Labute approximate surface area is 45.3 Å². The van der Waals surface area contributed by atoms with Crippen LogP contribution in [0, 0.1) is 0 Å². The summed E-state index contributed by atoms with van der Waals surface area (Å²) in [5, 5.41) is 0. The molecular weight excluding hydrogens is 88.1 g/mol. The first kappa shape index (κ1) is 6.92. The molecule has 0 aromatic carbocycles. The summed E-state index contributed by atoms with van der Waals surface area (Å²) in [5.41, 5.74) is 6.89. The van der Waals surface area contributed by atoms with E-state index >= 15 is 0 Å². The third-order valence-electron chi connectivity index (χ3n) is 1.12. The average Bonchev–Trinajstić information content (AvgIpc) is 1.72. The predicted molar refractivity (Wildman–Crippen MR) is 30.9 cm³/mol. The summed E-state index contributed by atoms with van der Waals surface area (Å²) in [6.45, 7) is 6.57. The van der Waals surface area contributed by atoms with Crippen LogP contribution in [0.15, 0.2) is 0 Å². The fraction of sp³-hybridized carbons (Fsp3) is 1.00. The van der Waals surface area contributed by atoms with Crippen molar-refractivity contribution >= 4 is 0 Å². The summed E-state index contributed by atoms with van der Waals surface area (Å²) < 4.78 is 0. The van der Waals surface area contributed by atoms with Crippen LogP contribution in [0.1, 0.15) is 13.8 Å². The molecule has 0 spiro atoms. The minimum atomic E-state index is 0.438. The molecule has 0 aliphatic carbocycles. The number of rotatable bonds is 3. The molecule has 1 radical (unpaired) electrons. The zero-order chi connectivity index (χ0) is 5.70. The van der Waals surface area contributed by atoms with Gasteiger partial charge in [0.1, 0.15) is 0 Å². The third kappa shape index (κ3) is 2.60. The van der Waals surface area contributed by atoms with Crippen molar-refractivity contribution in [1.82, 2.24) is 10.6 Å². The Kier molecular flexibility index (Phi) is 4.04. The quantitative estimate of drug-likeness (QED) is 0.510. The van der Waals surface area contributed by atoms with E-state index in [0.29, 0.717) is 6.67 Å². The summed E-state index contributed by atoms with van der Waals surface area (Å²) in [4.78, 5) is 2.04. The lowest BCUT2D eigenvalue weighted by Gasteiger charge is -2.12. The Balaban J connectivity index is 2.99. The summed E-state index contributed by atoms with van der Waals surface area (Å²) in [6.07, 6.45) is 0. The fourth-order valence-corrected chi connectivity index (χ4v) is 0.447. The largest absolute Gasteiger partial charge is 0.290 e. The van der Waals surface area contributed by atoms with Crippen LogP contribution in [0.2, 0.25) is 0 Å². The number of hydrogen-bond acceptors (Lipinski definition) is 1. The van der Waals surface area contributed by atoms with Gasteiger partial charge in [-0.3, -0.25) is 4.90 Å².